The number of hydrogen-bond acceptors (Lipinski definition) is 5. The van der Waals surface area contributed by atoms with Crippen LogP contribution in [0.4, 0.5) is 0 Å². The van der Waals surface area contributed by atoms with Gasteiger partial charge in [-0.15, -0.1) is 23.1 Å². The molecule has 3 aromatic rings. The van der Waals surface area contributed by atoms with Gasteiger partial charge >= 0.3 is 5.97 Å². The molecule has 0 fully saturated rings. The third-order valence-corrected chi connectivity index (χ3v) is 4.94. The highest BCUT2D eigenvalue weighted by Gasteiger charge is 2.13. The summed E-state index contributed by atoms with van der Waals surface area (Å²) in [6, 6.07) is 13.5. The first-order valence-corrected chi connectivity index (χ1v) is 9.32. The molecule has 0 aliphatic rings. The molecule has 0 saturated carbocycles. The molecule has 0 spiro atoms. The molecule has 2 aromatic carbocycles. The molecule has 0 N–H and O–H groups in total. The number of thiophene rings is 1. The second kappa shape index (κ2) is 7.06. The Bertz CT molecular complexity index is 822. The quantitative estimate of drug-likeness (QED) is 0.446. The van der Waals surface area contributed by atoms with E-state index in [9.17, 15) is 4.79 Å². The van der Waals surface area contributed by atoms with Crippen LogP contribution >= 0.6 is 23.1 Å². The highest BCUT2D eigenvalue weighted by molar-refractivity contribution is 7.98. The van der Waals surface area contributed by atoms with Gasteiger partial charge in [-0.25, -0.2) is 4.79 Å². The summed E-state index contributed by atoms with van der Waals surface area (Å²) in [5.41, 5.74) is 0.512. The summed E-state index contributed by atoms with van der Waals surface area (Å²) in [5.74, 6) is 1.09. The summed E-state index contributed by atoms with van der Waals surface area (Å²) in [6.45, 7) is 2.15. The monoisotopic (exact) mass is 344 g/mol. The van der Waals surface area contributed by atoms with Gasteiger partial charge in [0.2, 0.25) is 0 Å². The van der Waals surface area contributed by atoms with Gasteiger partial charge in [-0.3, -0.25) is 0 Å². The standard InChI is InChI=1S/C18H16O3S2/c1-3-20-18(19)12-10-16(15-8-9-23-17(15)11-12)21-13-4-6-14(22-2)7-5-13/h4-11H,3H2,1-2H3. The fraction of sp³-hybridized carbons (Fsp3) is 0.167. The lowest BCUT2D eigenvalue weighted by Gasteiger charge is -2.10. The molecule has 3 nitrogen and oxygen atoms in total. The minimum Gasteiger partial charge on any atom is -0.462 e. The van der Waals surface area contributed by atoms with Crippen molar-refractivity contribution in [2.75, 3.05) is 12.9 Å². The first kappa shape index (κ1) is 15.9. The van der Waals surface area contributed by atoms with Crippen molar-refractivity contribution in [2.45, 2.75) is 11.8 Å². The number of rotatable bonds is 5. The van der Waals surface area contributed by atoms with Crippen molar-refractivity contribution < 1.29 is 14.3 Å². The highest BCUT2D eigenvalue weighted by atomic mass is 32.2. The molecule has 0 atom stereocenters. The Labute approximate surface area is 143 Å². The Hall–Kier alpha value is -1.98. The fourth-order valence-electron chi connectivity index (χ4n) is 2.23. The molecule has 0 radical (unpaired) electrons. The topological polar surface area (TPSA) is 35.5 Å². The SMILES string of the molecule is CCOC(=O)c1cc(Oc2ccc(SC)cc2)c2ccsc2c1. The summed E-state index contributed by atoms with van der Waals surface area (Å²) in [6.07, 6.45) is 2.04. The minimum absolute atomic E-state index is 0.328. The zero-order valence-electron chi connectivity index (χ0n) is 12.9. The van der Waals surface area contributed by atoms with E-state index in [1.807, 2.05) is 48.0 Å². The van der Waals surface area contributed by atoms with Crippen molar-refractivity contribution in [1.29, 1.82) is 0 Å². The summed E-state index contributed by atoms with van der Waals surface area (Å²) >= 11 is 3.26. The number of benzene rings is 2. The first-order chi connectivity index (χ1) is 11.2. The van der Waals surface area contributed by atoms with E-state index < -0.39 is 0 Å². The Kier molecular flexibility index (Phi) is 4.88. The van der Waals surface area contributed by atoms with Crippen molar-refractivity contribution >= 4 is 39.2 Å². The molecule has 0 amide bonds. The second-order valence-corrected chi connectivity index (χ2v) is 6.63. The van der Waals surface area contributed by atoms with Gasteiger partial charge in [0.05, 0.1) is 12.2 Å². The van der Waals surface area contributed by atoms with E-state index in [0.29, 0.717) is 17.9 Å². The van der Waals surface area contributed by atoms with Crippen LogP contribution < -0.4 is 4.74 Å². The molecular weight excluding hydrogens is 328 g/mol. The second-order valence-electron chi connectivity index (χ2n) is 4.80. The van der Waals surface area contributed by atoms with E-state index in [0.717, 1.165) is 15.8 Å². The maximum Gasteiger partial charge on any atom is 0.338 e. The molecule has 0 aliphatic heterocycles. The maximum atomic E-state index is 12.0. The lowest BCUT2D eigenvalue weighted by atomic mass is 10.1. The van der Waals surface area contributed by atoms with Crippen LogP contribution in [0, 0.1) is 0 Å². The van der Waals surface area contributed by atoms with Gasteiger partial charge in [-0.1, -0.05) is 0 Å². The number of thioether (sulfide) groups is 1. The van der Waals surface area contributed by atoms with Crippen molar-refractivity contribution in [2.24, 2.45) is 0 Å². The van der Waals surface area contributed by atoms with E-state index in [1.165, 1.54) is 4.90 Å². The average Bonchev–Trinajstić information content (AvgIpc) is 3.04. The third kappa shape index (κ3) is 3.51. The summed E-state index contributed by atoms with van der Waals surface area (Å²) < 4.78 is 12.1. The van der Waals surface area contributed by atoms with Crippen LogP contribution in [0.25, 0.3) is 10.1 Å². The predicted molar refractivity (Wildman–Crippen MR) is 96.1 cm³/mol. The van der Waals surface area contributed by atoms with Crippen LogP contribution in [0.5, 0.6) is 11.5 Å². The summed E-state index contributed by atoms with van der Waals surface area (Å²) in [4.78, 5) is 13.2. The summed E-state index contributed by atoms with van der Waals surface area (Å²) in [5, 5.41) is 2.99. The molecule has 23 heavy (non-hydrogen) atoms. The minimum atomic E-state index is -0.328. The Morgan fingerprint density at radius 1 is 1.17 bits per heavy atom. The van der Waals surface area contributed by atoms with E-state index in [1.54, 1.807) is 36.1 Å². The van der Waals surface area contributed by atoms with Gasteiger partial charge in [0.1, 0.15) is 11.5 Å². The Morgan fingerprint density at radius 3 is 2.65 bits per heavy atom. The predicted octanol–water partition coefficient (Wildman–Crippen LogP) is 5.59. The van der Waals surface area contributed by atoms with Crippen molar-refractivity contribution in [1.82, 2.24) is 0 Å². The molecule has 3 rings (SSSR count). The van der Waals surface area contributed by atoms with E-state index in [2.05, 4.69) is 0 Å². The molecule has 118 valence electrons. The van der Waals surface area contributed by atoms with E-state index >= 15 is 0 Å². The van der Waals surface area contributed by atoms with Crippen LogP contribution in [0.1, 0.15) is 17.3 Å². The summed E-state index contributed by atoms with van der Waals surface area (Å²) in [7, 11) is 0. The normalized spacial score (nSPS) is 10.7. The van der Waals surface area contributed by atoms with Crippen LogP contribution in [0.3, 0.4) is 0 Å². The molecule has 0 aliphatic carbocycles. The van der Waals surface area contributed by atoms with Gasteiger partial charge in [0.15, 0.2) is 0 Å². The van der Waals surface area contributed by atoms with Crippen molar-refractivity contribution in [3.8, 4) is 11.5 Å². The smallest absolute Gasteiger partial charge is 0.338 e. The number of fused-ring (bicyclic) bond motifs is 1. The van der Waals surface area contributed by atoms with Gasteiger partial charge in [-0.05, 0) is 61.0 Å². The van der Waals surface area contributed by atoms with Gasteiger partial charge in [0, 0.05) is 15.0 Å². The lowest BCUT2D eigenvalue weighted by Crippen LogP contribution is -2.04. The molecule has 5 heteroatoms. The van der Waals surface area contributed by atoms with Crippen molar-refractivity contribution in [3.05, 3.63) is 53.4 Å². The molecule has 0 unspecified atom stereocenters. The molecule has 1 aromatic heterocycles. The Morgan fingerprint density at radius 2 is 1.96 bits per heavy atom. The largest absolute Gasteiger partial charge is 0.462 e. The zero-order chi connectivity index (χ0) is 16.2. The Balaban J connectivity index is 1.97. The van der Waals surface area contributed by atoms with Gasteiger partial charge < -0.3 is 9.47 Å². The average molecular weight is 344 g/mol. The lowest BCUT2D eigenvalue weighted by molar-refractivity contribution is 0.0526. The first-order valence-electron chi connectivity index (χ1n) is 7.21. The number of esters is 1. The maximum absolute atomic E-state index is 12.0. The third-order valence-electron chi connectivity index (χ3n) is 3.33. The van der Waals surface area contributed by atoms with E-state index in [4.69, 9.17) is 9.47 Å². The number of ether oxygens (including phenoxy) is 2. The van der Waals surface area contributed by atoms with Crippen LogP contribution in [-0.2, 0) is 4.74 Å². The number of carbonyl (C=O) groups is 1. The fourth-order valence-corrected chi connectivity index (χ4v) is 3.48. The van der Waals surface area contributed by atoms with Crippen LogP contribution in [-0.4, -0.2) is 18.8 Å². The zero-order valence-corrected chi connectivity index (χ0v) is 14.5. The number of hydrogen-bond donors (Lipinski definition) is 0. The van der Waals surface area contributed by atoms with Gasteiger partial charge in [-0.2, -0.15) is 0 Å². The molecule has 1 heterocycles. The molecule has 0 bridgehead atoms. The van der Waals surface area contributed by atoms with Crippen molar-refractivity contribution in [3.63, 3.8) is 0 Å². The molecule has 0 saturated heterocycles. The molecular formula is C18H16O3S2. The van der Waals surface area contributed by atoms with Gasteiger partial charge in [0.25, 0.3) is 0 Å². The van der Waals surface area contributed by atoms with E-state index in [-0.39, 0.29) is 5.97 Å². The highest BCUT2D eigenvalue weighted by Crippen LogP contribution is 2.35. The van der Waals surface area contributed by atoms with Crippen LogP contribution in [0.2, 0.25) is 0 Å². The number of carbonyl (C=O) groups excluding carboxylic acids is 1. The van der Waals surface area contributed by atoms with Crippen LogP contribution in [0.15, 0.2) is 52.7 Å².